The van der Waals surface area contributed by atoms with E-state index in [2.05, 4.69) is 33.0 Å². The predicted octanol–water partition coefficient (Wildman–Crippen LogP) is 6.80. The molecule has 1 saturated carbocycles. The maximum atomic E-state index is 13.0. The van der Waals surface area contributed by atoms with Crippen LogP contribution >= 0.6 is 0 Å². The van der Waals surface area contributed by atoms with Crippen molar-refractivity contribution in [2.45, 2.75) is 44.8 Å². The highest BCUT2D eigenvalue weighted by Gasteiger charge is 2.32. The van der Waals surface area contributed by atoms with Crippen molar-refractivity contribution in [3.05, 3.63) is 59.8 Å². The van der Waals surface area contributed by atoms with Crippen LogP contribution in [-0.2, 0) is 6.18 Å². The highest BCUT2D eigenvalue weighted by molar-refractivity contribution is 5.84. The second-order valence-corrected chi connectivity index (χ2v) is 7.89. The van der Waals surface area contributed by atoms with Gasteiger partial charge < -0.3 is 9.09 Å². The number of halogens is 3. The maximum absolute atomic E-state index is 13.0. The largest absolute Gasteiger partial charge is 0.416 e. The minimum Gasteiger partial charge on any atom is -0.344 e. The average Bonchev–Trinajstić information content (AvgIpc) is 3.45. The molecule has 0 spiro atoms. The van der Waals surface area contributed by atoms with Crippen molar-refractivity contribution < 1.29 is 17.7 Å². The molecule has 4 aromatic rings. The van der Waals surface area contributed by atoms with Crippen molar-refractivity contribution >= 4 is 10.9 Å². The Morgan fingerprint density at radius 3 is 2.50 bits per heavy atom. The smallest absolute Gasteiger partial charge is 0.344 e. The molecule has 154 valence electrons. The number of alkyl halides is 3. The third kappa shape index (κ3) is 3.28. The lowest BCUT2D eigenvalue weighted by Gasteiger charge is -2.13. The van der Waals surface area contributed by atoms with Crippen molar-refractivity contribution in [1.29, 1.82) is 0 Å². The Hall–Kier alpha value is -3.09. The zero-order valence-corrected chi connectivity index (χ0v) is 16.4. The van der Waals surface area contributed by atoms with Crippen LogP contribution in [0.15, 0.2) is 53.2 Å². The van der Waals surface area contributed by atoms with Crippen molar-refractivity contribution in [2.75, 3.05) is 0 Å². The Morgan fingerprint density at radius 1 is 1.00 bits per heavy atom. The summed E-state index contributed by atoms with van der Waals surface area (Å²) in [6, 6.07) is 12.5. The average molecular weight is 411 g/mol. The molecule has 0 aliphatic heterocycles. The van der Waals surface area contributed by atoms with Gasteiger partial charge in [0.05, 0.1) is 5.56 Å². The quantitative estimate of drug-likeness (QED) is 0.372. The van der Waals surface area contributed by atoms with Crippen LogP contribution in [-0.4, -0.2) is 14.7 Å². The fourth-order valence-corrected chi connectivity index (χ4v) is 4.38. The van der Waals surface area contributed by atoms with Crippen LogP contribution in [0.2, 0.25) is 0 Å². The van der Waals surface area contributed by atoms with Gasteiger partial charge in [-0.05, 0) is 61.7 Å². The van der Waals surface area contributed by atoms with Crippen molar-refractivity contribution in [3.8, 4) is 22.8 Å². The van der Waals surface area contributed by atoms with E-state index in [0.717, 1.165) is 17.0 Å². The Bertz CT molecular complexity index is 1220. The summed E-state index contributed by atoms with van der Waals surface area (Å²) in [7, 11) is 0. The summed E-state index contributed by atoms with van der Waals surface area (Å²) in [5, 5.41) is 5.07. The van der Waals surface area contributed by atoms with Crippen LogP contribution in [0.25, 0.3) is 33.7 Å². The normalized spacial score (nSPS) is 15.3. The van der Waals surface area contributed by atoms with E-state index in [-0.39, 0.29) is 11.4 Å². The lowest BCUT2D eigenvalue weighted by Crippen LogP contribution is -2.07. The highest BCUT2D eigenvalue weighted by Crippen LogP contribution is 2.35. The lowest BCUT2D eigenvalue weighted by molar-refractivity contribution is -0.138. The lowest BCUT2D eigenvalue weighted by atomic mass is 10.0. The van der Waals surface area contributed by atoms with E-state index in [9.17, 15) is 13.2 Å². The number of benzene rings is 2. The Balaban J connectivity index is 1.45. The number of rotatable bonds is 3. The molecule has 2 heterocycles. The molecule has 5 rings (SSSR count). The summed E-state index contributed by atoms with van der Waals surface area (Å²) in [4.78, 5) is 4.41. The van der Waals surface area contributed by atoms with Crippen LogP contribution in [0.3, 0.4) is 0 Å². The summed E-state index contributed by atoms with van der Waals surface area (Å²) in [5.41, 5.74) is 1.93. The topological polar surface area (TPSA) is 43.9 Å². The standard InChI is InChI=1S/C23H20F3N3O/c1-14-12-16(6-8-19(14)23(24,25)26)21-27-22(30-28-21)17-7-9-20-15(13-17)10-11-29(20)18-4-2-3-5-18/h6-13,18H,2-5H2,1H3. The minimum atomic E-state index is -4.38. The van der Waals surface area contributed by atoms with E-state index in [1.54, 1.807) is 0 Å². The summed E-state index contributed by atoms with van der Waals surface area (Å²) < 4.78 is 46.7. The van der Waals surface area contributed by atoms with Gasteiger partial charge in [0.2, 0.25) is 5.82 Å². The van der Waals surface area contributed by atoms with Gasteiger partial charge in [-0.1, -0.05) is 24.1 Å². The first-order valence-corrected chi connectivity index (χ1v) is 10.0. The zero-order valence-electron chi connectivity index (χ0n) is 16.4. The zero-order chi connectivity index (χ0) is 20.9. The molecule has 0 unspecified atom stereocenters. The van der Waals surface area contributed by atoms with Crippen LogP contribution in [0.1, 0.15) is 42.9 Å². The number of hydrogen-bond acceptors (Lipinski definition) is 3. The molecule has 0 atom stereocenters. The summed E-state index contributed by atoms with van der Waals surface area (Å²) >= 11 is 0. The molecule has 0 amide bonds. The molecule has 0 N–H and O–H groups in total. The molecular formula is C23H20F3N3O. The van der Waals surface area contributed by atoms with Gasteiger partial charge in [-0.2, -0.15) is 18.2 Å². The van der Waals surface area contributed by atoms with Gasteiger partial charge in [-0.15, -0.1) is 0 Å². The van der Waals surface area contributed by atoms with E-state index in [1.165, 1.54) is 50.3 Å². The molecule has 4 nitrogen and oxygen atoms in total. The number of fused-ring (bicyclic) bond motifs is 1. The van der Waals surface area contributed by atoms with Crippen LogP contribution in [0.4, 0.5) is 13.2 Å². The maximum Gasteiger partial charge on any atom is 0.416 e. The minimum absolute atomic E-state index is 0.126. The highest BCUT2D eigenvalue weighted by atomic mass is 19.4. The number of hydrogen-bond donors (Lipinski definition) is 0. The van der Waals surface area contributed by atoms with E-state index in [0.29, 0.717) is 17.5 Å². The summed E-state index contributed by atoms with van der Waals surface area (Å²) in [6.45, 7) is 1.43. The second-order valence-electron chi connectivity index (χ2n) is 7.89. The van der Waals surface area contributed by atoms with Gasteiger partial charge in [0, 0.05) is 34.3 Å². The molecule has 1 aliphatic rings. The van der Waals surface area contributed by atoms with Gasteiger partial charge in [-0.3, -0.25) is 0 Å². The van der Waals surface area contributed by atoms with Crippen molar-refractivity contribution in [1.82, 2.24) is 14.7 Å². The number of nitrogens with zero attached hydrogens (tertiary/aromatic N) is 3. The Labute approximate surface area is 171 Å². The Morgan fingerprint density at radius 2 is 1.77 bits per heavy atom. The van der Waals surface area contributed by atoms with E-state index >= 15 is 0 Å². The number of aromatic nitrogens is 3. The third-order valence-corrected chi connectivity index (χ3v) is 5.90. The molecule has 2 aromatic heterocycles. The molecule has 30 heavy (non-hydrogen) atoms. The molecule has 0 saturated heterocycles. The molecule has 1 fully saturated rings. The van der Waals surface area contributed by atoms with E-state index in [4.69, 9.17) is 4.52 Å². The van der Waals surface area contributed by atoms with Crippen molar-refractivity contribution in [2.24, 2.45) is 0 Å². The van der Waals surface area contributed by atoms with E-state index in [1.807, 2.05) is 12.1 Å². The van der Waals surface area contributed by atoms with Gasteiger partial charge in [0.15, 0.2) is 0 Å². The molecule has 1 aliphatic carbocycles. The first kappa shape index (κ1) is 18.9. The van der Waals surface area contributed by atoms with Crippen LogP contribution < -0.4 is 0 Å². The van der Waals surface area contributed by atoms with Gasteiger partial charge in [0.25, 0.3) is 5.89 Å². The predicted molar refractivity (Wildman–Crippen MR) is 108 cm³/mol. The van der Waals surface area contributed by atoms with Crippen molar-refractivity contribution in [3.63, 3.8) is 0 Å². The second kappa shape index (κ2) is 7.00. The molecule has 2 aromatic carbocycles. The molecule has 7 heteroatoms. The molecular weight excluding hydrogens is 391 g/mol. The fourth-order valence-electron chi connectivity index (χ4n) is 4.38. The third-order valence-electron chi connectivity index (χ3n) is 5.90. The van der Waals surface area contributed by atoms with Crippen LogP contribution in [0, 0.1) is 6.92 Å². The van der Waals surface area contributed by atoms with Gasteiger partial charge in [-0.25, -0.2) is 0 Å². The van der Waals surface area contributed by atoms with E-state index < -0.39 is 11.7 Å². The van der Waals surface area contributed by atoms with Crippen LogP contribution in [0.5, 0.6) is 0 Å². The molecule has 0 radical (unpaired) electrons. The monoisotopic (exact) mass is 411 g/mol. The first-order valence-electron chi connectivity index (χ1n) is 10.0. The van der Waals surface area contributed by atoms with Gasteiger partial charge in [0.1, 0.15) is 0 Å². The Kier molecular flexibility index (Phi) is 4.41. The number of aryl methyl sites for hydroxylation is 1. The SMILES string of the molecule is Cc1cc(-c2noc(-c3ccc4c(ccn4C4CCCC4)c3)n2)ccc1C(F)(F)F. The summed E-state index contributed by atoms with van der Waals surface area (Å²) in [6.07, 6.45) is 2.73. The summed E-state index contributed by atoms with van der Waals surface area (Å²) in [5.74, 6) is 0.614. The fraction of sp³-hybridized carbons (Fsp3) is 0.304. The van der Waals surface area contributed by atoms with Gasteiger partial charge >= 0.3 is 6.18 Å². The molecule has 0 bridgehead atoms. The first-order chi connectivity index (χ1) is 14.4.